The largest absolute Gasteiger partial charge is 0.490 e. The van der Waals surface area contributed by atoms with E-state index in [2.05, 4.69) is 26.5 Å². The van der Waals surface area contributed by atoms with E-state index >= 15 is 0 Å². The molecule has 0 aliphatic rings. The van der Waals surface area contributed by atoms with Gasteiger partial charge in [-0.2, -0.15) is 18.3 Å². The van der Waals surface area contributed by atoms with Gasteiger partial charge in [-0.15, -0.1) is 0 Å². The number of amides is 1. The average molecular weight is 517 g/mol. The van der Waals surface area contributed by atoms with Gasteiger partial charge in [0.15, 0.2) is 18.1 Å². The Kier molecular flexibility index (Phi) is 9.06. The van der Waals surface area contributed by atoms with Crippen molar-refractivity contribution in [1.82, 2.24) is 5.43 Å². The minimum Gasteiger partial charge on any atom is -0.490 e. The van der Waals surface area contributed by atoms with Crippen molar-refractivity contribution in [2.24, 2.45) is 5.10 Å². The molecule has 2 aromatic rings. The third-order valence-corrected chi connectivity index (χ3v) is 4.39. The number of esters is 1. The number of nitrogens with one attached hydrogen (secondary N) is 1. The highest BCUT2D eigenvalue weighted by molar-refractivity contribution is 9.10. The standard InChI is InChI=1S/C21H20BrF3N2O5/c1-3-30-17-9-13(8-16(22)19(17)32-12-18(28)31-4-2)11-26-27-20(29)14-6-5-7-15(10-14)21(23,24)25/h5-11H,3-4,12H2,1-2H3,(H,27,29)/b26-11-. The van der Waals surface area contributed by atoms with Crippen LogP contribution in [0.3, 0.4) is 0 Å². The molecular weight excluding hydrogens is 497 g/mol. The first-order chi connectivity index (χ1) is 15.2. The van der Waals surface area contributed by atoms with E-state index in [9.17, 15) is 22.8 Å². The second-order valence-electron chi connectivity index (χ2n) is 6.13. The molecule has 1 amide bonds. The maximum absolute atomic E-state index is 12.8. The average Bonchev–Trinajstić information content (AvgIpc) is 2.73. The van der Waals surface area contributed by atoms with E-state index in [0.717, 1.165) is 18.2 Å². The molecule has 0 saturated heterocycles. The van der Waals surface area contributed by atoms with Gasteiger partial charge >= 0.3 is 12.1 Å². The quantitative estimate of drug-likeness (QED) is 0.299. The molecule has 2 rings (SSSR count). The molecule has 0 aromatic heterocycles. The lowest BCUT2D eigenvalue weighted by Crippen LogP contribution is -2.18. The molecule has 0 atom stereocenters. The number of hydrogen-bond acceptors (Lipinski definition) is 6. The third kappa shape index (κ3) is 7.26. The number of halogens is 4. The molecule has 1 N–H and O–H groups in total. The predicted molar refractivity (Wildman–Crippen MR) is 114 cm³/mol. The lowest BCUT2D eigenvalue weighted by atomic mass is 10.1. The normalized spacial score (nSPS) is 11.3. The fourth-order valence-corrected chi connectivity index (χ4v) is 3.04. The molecule has 0 aliphatic heterocycles. The Labute approximate surface area is 190 Å². The SMILES string of the molecule is CCOC(=O)COc1c(Br)cc(/C=N\NC(=O)c2cccc(C(F)(F)F)c2)cc1OCC. The van der Waals surface area contributed by atoms with Gasteiger partial charge in [0.2, 0.25) is 0 Å². The number of benzene rings is 2. The molecule has 0 heterocycles. The molecule has 32 heavy (non-hydrogen) atoms. The molecule has 0 aliphatic carbocycles. The predicted octanol–water partition coefficient (Wildman–Crippen LogP) is 4.57. The molecular formula is C21H20BrF3N2O5. The van der Waals surface area contributed by atoms with Crippen molar-refractivity contribution < 1.29 is 37.0 Å². The minimum absolute atomic E-state index is 0.184. The summed E-state index contributed by atoms with van der Waals surface area (Å²) in [5.41, 5.74) is 1.56. The van der Waals surface area contributed by atoms with Crippen LogP contribution in [0.25, 0.3) is 0 Å². The van der Waals surface area contributed by atoms with Gasteiger partial charge in [-0.3, -0.25) is 4.79 Å². The summed E-state index contributed by atoms with van der Waals surface area (Å²) in [7, 11) is 0. The van der Waals surface area contributed by atoms with Crippen molar-refractivity contribution in [3.8, 4) is 11.5 Å². The number of alkyl halides is 3. The van der Waals surface area contributed by atoms with Crippen molar-refractivity contribution >= 4 is 34.0 Å². The molecule has 0 bridgehead atoms. The maximum atomic E-state index is 12.8. The highest BCUT2D eigenvalue weighted by Gasteiger charge is 2.30. The Morgan fingerprint density at radius 3 is 2.53 bits per heavy atom. The summed E-state index contributed by atoms with van der Waals surface area (Å²) < 4.78 is 54.7. The minimum atomic E-state index is -4.56. The Balaban J connectivity index is 2.13. The number of carbonyl (C=O) groups excluding carboxylic acids is 2. The topological polar surface area (TPSA) is 86.2 Å². The molecule has 172 valence electrons. The van der Waals surface area contributed by atoms with Crippen LogP contribution in [0.5, 0.6) is 11.5 Å². The number of carbonyl (C=O) groups is 2. The van der Waals surface area contributed by atoms with E-state index in [-0.39, 0.29) is 24.5 Å². The number of hydrogen-bond donors (Lipinski definition) is 1. The van der Waals surface area contributed by atoms with Crippen molar-refractivity contribution in [3.63, 3.8) is 0 Å². The fraction of sp³-hybridized carbons (Fsp3) is 0.286. The summed E-state index contributed by atoms with van der Waals surface area (Å²) in [4.78, 5) is 23.7. The Hall–Kier alpha value is -3.08. The van der Waals surface area contributed by atoms with Gasteiger partial charge in [-0.25, -0.2) is 10.2 Å². The summed E-state index contributed by atoms with van der Waals surface area (Å²) in [6.07, 6.45) is -3.27. The zero-order valence-corrected chi connectivity index (χ0v) is 18.7. The smallest absolute Gasteiger partial charge is 0.416 e. The highest BCUT2D eigenvalue weighted by Crippen LogP contribution is 2.36. The van der Waals surface area contributed by atoms with Crippen LogP contribution < -0.4 is 14.9 Å². The highest BCUT2D eigenvalue weighted by atomic mass is 79.9. The van der Waals surface area contributed by atoms with Gasteiger partial charge in [0.25, 0.3) is 5.91 Å². The fourth-order valence-electron chi connectivity index (χ4n) is 2.47. The summed E-state index contributed by atoms with van der Waals surface area (Å²) in [5, 5.41) is 3.78. The molecule has 7 nitrogen and oxygen atoms in total. The van der Waals surface area contributed by atoms with Crippen LogP contribution in [-0.4, -0.2) is 37.9 Å². The number of rotatable bonds is 9. The van der Waals surface area contributed by atoms with Crippen LogP contribution in [0.1, 0.15) is 35.3 Å². The van der Waals surface area contributed by atoms with Gasteiger partial charge in [-0.1, -0.05) is 6.07 Å². The van der Waals surface area contributed by atoms with Crippen LogP contribution in [0.2, 0.25) is 0 Å². The molecule has 2 aromatic carbocycles. The summed E-state index contributed by atoms with van der Waals surface area (Å²) in [6, 6.07) is 7.17. The van der Waals surface area contributed by atoms with Crippen molar-refractivity contribution in [2.45, 2.75) is 20.0 Å². The van der Waals surface area contributed by atoms with Crippen LogP contribution in [0, 0.1) is 0 Å². The Morgan fingerprint density at radius 2 is 1.88 bits per heavy atom. The van der Waals surface area contributed by atoms with E-state index in [1.54, 1.807) is 26.0 Å². The van der Waals surface area contributed by atoms with Crippen molar-refractivity contribution in [1.29, 1.82) is 0 Å². The molecule has 0 spiro atoms. The maximum Gasteiger partial charge on any atom is 0.416 e. The number of nitrogens with zero attached hydrogens (tertiary/aromatic N) is 1. The van der Waals surface area contributed by atoms with Crippen LogP contribution in [0.4, 0.5) is 13.2 Å². The van der Waals surface area contributed by atoms with Gasteiger partial charge in [0.1, 0.15) is 0 Å². The lowest BCUT2D eigenvalue weighted by molar-refractivity contribution is -0.145. The second-order valence-corrected chi connectivity index (χ2v) is 6.99. The summed E-state index contributed by atoms with van der Waals surface area (Å²) in [6.45, 7) is 3.67. The van der Waals surface area contributed by atoms with Crippen LogP contribution >= 0.6 is 15.9 Å². The van der Waals surface area contributed by atoms with Crippen LogP contribution in [0.15, 0.2) is 46.0 Å². The van der Waals surface area contributed by atoms with Gasteiger partial charge in [0.05, 0.1) is 29.5 Å². The zero-order valence-electron chi connectivity index (χ0n) is 17.2. The Morgan fingerprint density at radius 1 is 1.12 bits per heavy atom. The van der Waals surface area contributed by atoms with E-state index in [0.29, 0.717) is 22.4 Å². The molecule has 11 heteroatoms. The van der Waals surface area contributed by atoms with E-state index in [4.69, 9.17) is 14.2 Å². The first-order valence-electron chi connectivity index (χ1n) is 9.41. The van der Waals surface area contributed by atoms with E-state index in [1.165, 1.54) is 12.3 Å². The lowest BCUT2D eigenvalue weighted by Gasteiger charge is -2.14. The van der Waals surface area contributed by atoms with E-state index in [1.807, 2.05) is 0 Å². The monoisotopic (exact) mass is 516 g/mol. The summed E-state index contributed by atoms with van der Waals surface area (Å²) in [5.74, 6) is -0.738. The van der Waals surface area contributed by atoms with E-state index < -0.39 is 23.6 Å². The van der Waals surface area contributed by atoms with Gasteiger partial charge < -0.3 is 14.2 Å². The molecule has 0 radical (unpaired) electrons. The van der Waals surface area contributed by atoms with Crippen molar-refractivity contribution in [3.05, 3.63) is 57.6 Å². The number of hydrazone groups is 1. The van der Waals surface area contributed by atoms with Gasteiger partial charge in [-0.05, 0) is 65.7 Å². The second kappa shape index (κ2) is 11.5. The zero-order chi connectivity index (χ0) is 23.7. The van der Waals surface area contributed by atoms with Crippen LogP contribution in [-0.2, 0) is 15.7 Å². The first-order valence-corrected chi connectivity index (χ1v) is 10.2. The summed E-state index contributed by atoms with van der Waals surface area (Å²) >= 11 is 3.33. The number of ether oxygens (including phenoxy) is 3. The van der Waals surface area contributed by atoms with Crippen molar-refractivity contribution in [2.75, 3.05) is 19.8 Å². The third-order valence-electron chi connectivity index (χ3n) is 3.80. The Bertz CT molecular complexity index is 996. The molecule has 0 saturated carbocycles. The molecule has 0 unspecified atom stereocenters. The first kappa shape index (κ1) is 25.2. The van der Waals surface area contributed by atoms with Gasteiger partial charge in [0, 0.05) is 5.56 Å². The molecule has 0 fully saturated rings.